The Morgan fingerprint density at radius 3 is 2.59 bits per heavy atom. The van der Waals surface area contributed by atoms with Crippen LogP contribution in [-0.4, -0.2) is 29.3 Å². The molecule has 3 fully saturated rings. The summed E-state index contributed by atoms with van der Waals surface area (Å²) in [5, 5.41) is 16.0. The minimum atomic E-state index is 0.589. The summed E-state index contributed by atoms with van der Waals surface area (Å²) in [6, 6.07) is 7.23. The van der Waals surface area contributed by atoms with Crippen molar-refractivity contribution in [2.45, 2.75) is 70.3 Å². The molecular formula is C23H34N4. The van der Waals surface area contributed by atoms with E-state index in [1.807, 2.05) is 6.20 Å². The smallest absolute Gasteiger partial charge is 0.0651 e. The highest BCUT2D eigenvalue weighted by atomic mass is 15.1. The maximum absolute atomic E-state index is 4.12. The molecule has 0 amide bonds. The molecule has 4 nitrogen and oxygen atoms in total. The van der Waals surface area contributed by atoms with Crippen LogP contribution in [0.15, 0.2) is 24.4 Å². The molecule has 1 atom stereocenters. The third kappa shape index (κ3) is 3.87. The Bertz CT molecular complexity index is 753. The van der Waals surface area contributed by atoms with E-state index in [1.165, 1.54) is 88.4 Å². The highest BCUT2D eigenvalue weighted by molar-refractivity contribution is 5.81. The van der Waals surface area contributed by atoms with E-state index in [2.05, 4.69) is 39.0 Å². The van der Waals surface area contributed by atoms with E-state index in [0.29, 0.717) is 11.5 Å². The minimum Gasteiger partial charge on any atom is -0.382 e. The quantitative estimate of drug-likeness (QED) is 0.667. The van der Waals surface area contributed by atoms with Gasteiger partial charge in [0, 0.05) is 17.1 Å². The van der Waals surface area contributed by atoms with Gasteiger partial charge in [0.25, 0.3) is 0 Å². The van der Waals surface area contributed by atoms with E-state index in [0.717, 1.165) is 17.4 Å². The lowest BCUT2D eigenvalue weighted by atomic mass is 9.79. The summed E-state index contributed by atoms with van der Waals surface area (Å²) in [5.74, 6) is 1.86. The average Bonchev–Trinajstić information content (AvgIpc) is 3.13. The third-order valence-electron chi connectivity index (χ3n) is 7.66. The molecule has 0 radical (unpaired) electrons. The molecule has 0 saturated heterocycles. The Labute approximate surface area is 162 Å². The molecule has 1 aromatic carbocycles. The van der Waals surface area contributed by atoms with E-state index in [-0.39, 0.29) is 0 Å². The standard InChI is InChI=1S/C23H34N4/c1-2-4-17(5-3-1)14-24-15-18-8-10-23(11-9-18)13-22(23)26-20-6-7-21-19(12-20)16-25-27-21/h6-7,12,16-18,22,24,26H,1-5,8-11,13-15H2,(H,25,27). The fourth-order valence-corrected chi connectivity index (χ4v) is 5.68. The van der Waals surface area contributed by atoms with Gasteiger partial charge in [-0.05, 0) is 93.5 Å². The normalized spacial score (nSPS) is 31.4. The van der Waals surface area contributed by atoms with Crippen LogP contribution in [0.5, 0.6) is 0 Å². The van der Waals surface area contributed by atoms with Gasteiger partial charge in [-0.3, -0.25) is 5.10 Å². The first kappa shape index (κ1) is 17.5. The summed E-state index contributed by atoms with van der Waals surface area (Å²) >= 11 is 0. The Kier molecular flexibility index (Phi) is 4.85. The molecule has 3 saturated carbocycles. The Morgan fingerprint density at radius 1 is 1.00 bits per heavy atom. The van der Waals surface area contributed by atoms with Crippen LogP contribution in [0.25, 0.3) is 10.9 Å². The topological polar surface area (TPSA) is 52.7 Å². The average molecular weight is 367 g/mol. The first-order valence-electron chi connectivity index (χ1n) is 11.2. The fraction of sp³-hybridized carbons (Fsp3) is 0.696. The van der Waals surface area contributed by atoms with E-state index in [1.54, 1.807) is 0 Å². The van der Waals surface area contributed by atoms with Crippen molar-refractivity contribution >= 4 is 16.6 Å². The zero-order chi connectivity index (χ0) is 18.1. The molecule has 27 heavy (non-hydrogen) atoms. The predicted octanol–water partition coefficient (Wildman–Crippen LogP) is 5.09. The van der Waals surface area contributed by atoms with Crippen molar-refractivity contribution in [1.29, 1.82) is 0 Å². The number of anilines is 1. The van der Waals surface area contributed by atoms with Gasteiger partial charge in [0.1, 0.15) is 0 Å². The molecule has 4 heteroatoms. The Balaban J connectivity index is 1.06. The third-order valence-corrected chi connectivity index (χ3v) is 7.66. The van der Waals surface area contributed by atoms with Gasteiger partial charge in [0.15, 0.2) is 0 Å². The number of H-pyrrole nitrogens is 1. The molecule has 2 aromatic rings. The van der Waals surface area contributed by atoms with Crippen LogP contribution in [0, 0.1) is 17.3 Å². The predicted molar refractivity (Wildman–Crippen MR) is 112 cm³/mol. The Hall–Kier alpha value is -1.55. The molecule has 1 unspecified atom stereocenters. The summed E-state index contributed by atoms with van der Waals surface area (Å²) in [6.45, 7) is 2.52. The number of benzene rings is 1. The zero-order valence-corrected chi connectivity index (χ0v) is 16.5. The molecular weight excluding hydrogens is 332 g/mol. The molecule has 5 rings (SSSR count). The van der Waals surface area contributed by atoms with Gasteiger partial charge in [0.2, 0.25) is 0 Å². The number of rotatable bonds is 6. The van der Waals surface area contributed by atoms with Crippen LogP contribution in [-0.2, 0) is 0 Å². The second kappa shape index (κ2) is 7.46. The van der Waals surface area contributed by atoms with Gasteiger partial charge >= 0.3 is 0 Å². The fourth-order valence-electron chi connectivity index (χ4n) is 5.68. The summed E-state index contributed by atoms with van der Waals surface area (Å²) in [7, 11) is 0. The van der Waals surface area contributed by atoms with Crippen LogP contribution < -0.4 is 10.6 Å². The molecule has 146 valence electrons. The Morgan fingerprint density at radius 2 is 1.78 bits per heavy atom. The molecule has 0 bridgehead atoms. The monoisotopic (exact) mass is 366 g/mol. The maximum Gasteiger partial charge on any atom is 0.0651 e. The number of aromatic amines is 1. The minimum absolute atomic E-state index is 0.589. The van der Waals surface area contributed by atoms with Gasteiger partial charge in [0.05, 0.1) is 11.7 Å². The van der Waals surface area contributed by atoms with Crippen molar-refractivity contribution < 1.29 is 0 Å². The van der Waals surface area contributed by atoms with Crippen LogP contribution in [0.3, 0.4) is 0 Å². The van der Waals surface area contributed by atoms with E-state index < -0.39 is 0 Å². The van der Waals surface area contributed by atoms with Crippen LogP contribution in [0.2, 0.25) is 0 Å². The molecule has 0 aliphatic heterocycles. The van der Waals surface area contributed by atoms with Crippen molar-refractivity contribution in [2.75, 3.05) is 18.4 Å². The van der Waals surface area contributed by atoms with Crippen LogP contribution in [0.4, 0.5) is 5.69 Å². The van der Waals surface area contributed by atoms with Crippen molar-refractivity contribution in [3.05, 3.63) is 24.4 Å². The van der Waals surface area contributed by atoms with E-state index >= 15 is 0 Å². The number of fused-ring (bicyclic) bond motifs is 1. The largest absolute Gasteiger partial charge is 0.382 e. The molecule has 3 N–H and O–H groups in total. The summed E-state index contributed by atoms with van der Waals surface area (Å²) < 4.78 is 0. The van der Waals surface area contributed by atoms with Gasteiger partial charge in [-0.25, -0.2) is 0 Å². The van der Waals surface area contributed by atoms with Crippen molar-refractivity contribution in [3.63, 3.8) is 0 Å². The van der Waals surface area contributed by atoms with Gasteiger partial charge in [-0.15, -0.1) is 0 Å². The van der Waals surface area contributed by atoms with Gasteiger partial charge < -0.3 is 10.6 Å². The van der Waals surface area contributed by atoms with Crippen molar-refractivity contribution in [1.82, 2.24) is 15.5 Å². The zero-order valence-electron chi connectivity index (χ0n) is 16.5. The first-order valence-corrected chi connectivity index (χ1v) is 11.2. The molecule has 1 spiro atoms. The highest BCUT2D eigenvalue weighted by Crippen LogP contribution is 2.58. The lowest BCUT2D eigenvalue weighted by Crippen LogP contribution is -2.32. The SMILES string of the molecule is c1cc2[nH]ncc2cc1NC1CC12CCC(CNCC1CCCCC1)CC2. The number of hydrogen-bond acceptors (Lipinski definition) is 3. The van der Waals surface area contributed by atoms with Gasteiger partial charge in [-0.2, -0.15) is 5.10 Å². The van der Waals surface area contributed by atoms with E-state index in [9.17, 15) is 0 Å². The number of nitrogens with zero attached hydrogens (tertiary/aromatic N) is 1. The van der Waals surface area contributed by atoms with Gasteiger partial charge in [-0.1, -0.05) is 19.3 Å². The number of aromatic nitrogens is 2. The number of nitrogens with one attached hydrogen (secondary N) is 3. The summed E-state index contributed by atoms with van der Waals surface area (Å²) in [4.78, 5) is 0. The molecule has 1 aromatic heterocycles. The van der Waals surface area contributed by atoms with Crippen molar-refractivity contribution in [2.24, 2.45) is 17.3 Å². The molecule has 1 heterocycles. The lowest BCUT2D eigenvalue weighted by molar-refractivity contribution is 0.240. The highest BCUT2D eigenvalue weighted by Gasteiger charge is 2.54. The van der Waals surface area contributed by atoms with Crippen LogP contribution in [0.1, 0.15) is 64.2 Å². The second-order valence-corrected chi connectivity index (χ2v) is 9.54. The summed E-state index contributed by atoms with van der Waals surface area (Å²) in [6.07, 6.45) is 16.2. The van der Waals surface area contributed by atoms with Crippen LogP contribution >= 0.6 is 0 Å². The van der Waals surface area contributed by atoms with Crippen molar-refractivity contribution in [3.8, 4) is 0 Å². The molecule has 3 aliphatic carbocycles. The number of hydrogen-bond donors (Lipinski definition) is 3. The molecule has 3 aliphatic rings. The first-order chi connectivity index (χ1) is 13.3. The second-order valence-electron chi connectivity index (χ2n) is 9.54. The maximum atomic E-state index is 4.12. The lowest BCUT2D eigenvalue weighted by Gasteiger charge is -2.30. The van der Waals surface area contributed by atoms with E-state index in [4.69, 9.17) is 0 Å². The summed E-state index contributed by atoms with van der Waals surface area (Å²) in [5.41, 5.74) is 2.96.